The smallest absolute Gasteiger partial charge is 0.191 e. The van der Waals surface area contributed by atoms with Gasteiger partial charge in [0.25, 0.3) is 0 Å². The zero-order valence-corrected chi connectivity index (χ0v) is 18.0. The second kappa shape index (κ2) is 9.32. The van der Waals surface area contributed by atoms with E-state index in [2.05, 4.69) is 22.8 Å². The van der Waals surface area contributed by atoms with E-state index in [-0.39, 0.29) is 0 Å². The Hall–Kier alpha value is -2.22. The van der Waals surface area contributed by atoms with Crippen molar-refractivity contribution in [1.29, 1.82) is 0 Å². The Kier molecular flexibility index (Phi) is 6.83. The molecule has 0 aliphatic heterocycles. The number of aromatic nitrogens is 1. The summed E-state index contributed by atoms with van der Waals surface area (Å²) in [4.78, 5) is 10.5. The second-order valence-electron chi connectivity index (χ2n) is 6.73. The number of aliphatic hydroxyl groups is 1. The Morgan fingerprint density at radius 2 is 2.00 bits per heavy atom. The van der Waals surface area contributed by atoms with Gasteiger partial charge in [0.15, 0.2) is 5.96 Å². The summed E-state index contributed by atoms with van der Waals surface area (Å²) < 4.78 is 0. The Morgan fingerprint density at radius 3 is 2.68 bits per heavy atom. The molecule has 3 rings (SSSR count). The van der Waals surface area contributed by atoms with Gasteiger partial charge in [-0.2, -0.15) is 11.3 Å². The minimum Gasteiger partial charge on any atom is -0.384 e. The molecule has 0 aliphatic rings. The third kappa shape index (κ3) is 5.19. The van der Waals surface area contributed by atoms with E-state index in [9.17, 15) is 5.11 Å². The maximum atomic E-state index is 10.7. The average molecular weight is 415 g/mol. The highest BCUT2D eigenvalue weighted by Crippen LogP contribution is 2.28. The molecular formula is C21H26N4OS2. The first kappa shape index (κ1) is 20.5. The molecule has 2 heterocycles. The lowest BCUT2D eigenvalue weighted by Gasteiger charge is -2.24. The van der Waals surface area contributed by atoms with Gasteiger partial charge in [-0.05, 0) is 43.2 Å². The predicted molar refractivity (Wildman–Crippen MR) is 119 cm³/mol. The summed E-state index contributed by atoms with van der Waals surface area (Å²) in [6.45, 7) is 7.54. The van der Waals surface area contributed by atoms with Crippen LogP contribution in [0.5, 0.6) is 0 Å². The highest BCUT2D eigenvalue weighted by Gasteiger charge is 2.23. The summed E-state index contributed by atoms with van der Waals surface area (Å²) in [6.07, 6.45) is 0. The number of thiophene rings is 1. The molecule has 1 unspecified atom stereocenters. The van der Waals surface area contributed by atoms with Crippen LogP contribution in [0.4, 0.5) is 0 Å². The maximum Gasteiger partial charge on any atom is 0.191 e. The number of nitrogens with one attached hydrogen (secondary N) is 2. The third-order valence-electron chi connectivity index (χ3n) is 4.38. The van der Waals surface area contributed by atoms with Crippen LogP contribution in [0.15, 0.2) is 52.2 Å². The standard InChI is InChI=1S/C21H26N4OS2/c1-4-22-20(24-14-21(3,26)17-10-11-27-13-17)23-12-18-15(2)25-19(28-18)16-8-6-5-7-9-16/h5-11,13,26H,4,12,14H2,1-3H3,(H2,22,23,24). The van der Waals surface area contributed by atoms with Gasteiger partial charge in [0, 0.05) is 17.0 Å². The van der Waals surface area contributed by atoms with Crippen molar-refractivity contribution in [2.75, 3.05) is 13.1 Å². The summed E-state index contributed by atoms with van der Waals surface area (Å²) >= 11 is 3.25. The van der Waals surface area contributed by atoms with Crippen LogP contribution in [0.2, 0.25) is 0 Å². The van der Waals surface area contributed by atoms with Crippen molar-refractivity contribution in [3.63, 3.8) is 0 Å². The van der Waals surface area contributed by atoms with Crippen LogP contribution in [0.1, 0.15) is 30.0 Å². The SMILES string of the molecule is CCNC(=NCc1sc(-c2ccccc2)nc1C)NCC(C)(O)c1ccsc1. The zero-order valence-electron chi connectivity index (χ0n) is 16.4. The van der Waals surface area contributed by atoms with Gasteiger partial charge in [0.2, 0.25) is 0 Å². The molecule has 3 N–H and O–H groups in total. The molecule has 3 aromatic rings. The number of rotatable bonds is 7. The van der Waals surface area contributed by atoms with E-state index in [1.165, 1.54) is 0 Å². The van der Waals surface area contributed by atoms with Gasteiger partial charge in [-0.25, -0.2) is 9.98 Å². The first-order chi connectivity index (χ1) is 13.5. The number of aryl methyl sites for hydroxylation is 1. The zero-order chi connectivity index (χ0) is 20.0. The summed E-state index contributed by atoms with van der Waals surface area (Å²) in [7, 11) is 0. The van der Waals surface area contributed by atoms with Gasteiger partial charge in [-0.1, -0.05) is 30.3 Å². The molecule has 1 atom stereocenters. The molecule has 0 radical (unpaired) electrons. The van der Waals surface area contributed by atoms with E-state index in [1.54, 1.807) is 22.7 Å². The van der Waals surface area contributed by atoms with Crippen LogP contribution < -0.4 is 10.6 Å². The van der Waals surface area contributed by atoms with Gasteiger partial charge in [0.05, 0.1) is 18.8 Å². The second-order valence-corrected chi connectivity index (χ2v) is 8.59. The largest absolute Gasteiger partial charge is 0.384 e. The van der Waals surface area contributed by atoms with Crippen LogP contribution in [0, 0.1) is 6.92 Å². The minimum absolute atomic E-state index is 0.381. The van der Waals surface area contributed by atoms with Crippen LogP contribution >= 0.6 is 22.7 Å². The molecule has 0 saturated carbocycles. The lowest BCUT2D eigenvalue weighted by molar-refractivity contribution is 0.0621. The third-order valence-corrected chi connectivity index (χ3v) is 6.26. The Morgan fingerprint density at radius 1 is 1.21 bits per heavy atom. The van der Waals surface area contributed by atoms with Gasteiger partial charge in [-0.15, -0.1) is 11.3 Å². The molecule has 0 bridgehead atoms. The molecular weight excluding hydrogens is 388 g/mol. The molecule has 7 heteroatoms. The van der Waals surface area contributed by atoms with E-state index >= 15 is 0 Å². The molecule has 0 fully saturated rings. The van der Waals surface area contributed by atoms with Crippen LogP contribution in [-0.2, 0) is 12.1 Å². The van der Waals surface area contributed by atoms with E-state index in [1.807, 2.05) is 55.8 Å². The molecule has 5 nitrogen and oxygen atoms in total. The van der Waals surface area contributed by atoms with Crippen LogP contribution in [0.25, 0.3) is 10.6 Å². The fourth-order valence-electron chi connectivity index (χ4n) is 2.70. The van der Waals surface area contributed by atoms with Crippen molar-refractivity contribution in [3.05, 3.63) is 63.3 Å². The molecule has 148 valence electrons. The van der Waals surface area contributed by atoms with Gasteiger partial charge >= 0.3 is 0 Å². The average Bonchev–Trinajstić information content (AvgIpc) is 3.35. The fourth-order valence-corrected chi connectivity index (χ4v) is 4.48. The van der Waals surface area contributed by atoms with E-state index in [0.717, 1.165) is 33.3 Å². The highest BCUT2D eigenvalue weighted by molar-refractivity contribution is 7.15. The Balaban J connectivity index is 1.68. The topological polar surface area (TPSA) is 69.5 Å². The van der Waals surface area contributed by atoms with E-state index in [0.29, 0.717) is 19.0 Å². The van der Waals surface area contributed by atoms with Crippen molar-refractivity contribution >= 4 is 28.6 Å². The lowest BCUT2D eigenvalue weighted by atomic mass is 9.99. The number of hydrogen-bond donors (Lipinski definition) is 3. The number of guanidine groups is 1. The number of nitrogens with zero attached hydrogens (tertiary/aromatic N) is 2. The van der Waals surface area contributed by atoms with Crippen molar-refractivity contribution in [3.8, 4) is 10.6 Å². The van der Waals surface area contributed by atoms with Crippen molar-refractivity contribution in [2.24, 2.45) is 4.99 Å². The quantitative estimate of drug-likeness (QED) is 0.401. The highest BCUT2D eigenvalue weighted by atomic mass is 32.1. The number of benzene rings is 1. The van der Waals surface area contributed by atoms with Crippen molar-refractivity contribution < 1.29 is 5.11 Å². The summed E-state index contributed by atoms with van der Waals surface area (Å²) in [5, 5.41) is 22.2. The fraction of sp³-hybridized carbons (Fsp3) is 0.333. The normalized spacial score (nSPS) is 13.9. The molecule has 0 amide bonds. The minimum atomic E-state index is -0.947. The Bertz CT molecular complexity index is 902. The molecule has 2 aromatic heterocycles. The van der Waals surface area contributed by atoms with E-state index in [4.69, 9.17) is 9.98 Å². The van der Waals surface area contributed by atoms with Gasteiger partial charge in [-0.3, -0.25) is 0 Å². The first-order valence-corrected chi connectivity index (χ1v) is 11.0. The number of hydrogen-bond acceptors (Lipinski definition) is 5. The van der Waals surface area contributed by atoms with E-state index < -0.39 is 5.60 Å². The molecule has 0 spiro atoms. The first-order valence-electron chi connectivity index (χ1n) is 9.28. The van der Waals surface area contributed by atoms with Crippen molar-refractivity contribution in [1.82, 2.24) is 15.6 Å². The summed E-state index contributed by atoms with van der Waals surface area (Å²) in [5.74, 6) is 0.687. The van der Waals surface area contributed by atoms with Crippen molar-refractivity contribution in [2.45, 2.75) is 32.9 Å². The van der Waals surface area contributed by atoms with Crippen LogP contribution in [-0.4, -0.2) is 29.1 Å². The monoisotopic (exact) mass is 414 g/mol. The van der Waals surface area contributed by atoms with Gasteiger partial charge < -0.3 is 15.7 Å². The van der Waals surface area contributed by atoms with Gasteiger partial charge in [0.1, 0.15) is 10.6 Å². The Labute approximate surface area is 174 Å². The molecule has 28 heavy (non-hydrogen) atoms. The number of thiazole rings is 1. The maximum absolute atomic E-state index is 10.7. The molecule has 0 saturated heterocycles. The lowest BCUT2D eigenvalue weighted by Crippen LogP contribution is -2.44. The molecule has 1 aromatic carbocycles. The van der Waals surface area contributed by atoms with Crippen LogP contribution in [0.3, 0.4) is 0 Å². The number of aliphatic imine (C=N–C) groups is 1. The summed E-state index contributed by atoms with van der Waals surface area (Å²) in [6, 6.07) is 12.1. The predicted octanol–water partition coefficient (Wildman–Crippen LogP) is 4.14. The molecule has 0 aliphatic carbocycles. The summed E-state index contributed by atoms with van der Waals surface area (Å²) in [5.41, 5.74) is 2.10.